The van der Waals surface area contributed by atoms with Gasteiger partial charge in [0.25, 0.3) is 5.91 Å². The maximum absolute atomic E-state index is 11.8. The van der Waals surface area contributed by atoms with Gasteiger partial charge in [0.15, 0.2) is 4.67 Å². The van der Waals surface area contributed by atoms with Crippen molar-refractivity contribution in [2.45, 2.75) is 12.8 Å². The number of thioether (sulfide) groups is 1. The van der Waals surface area contributed by atoms with E-state index in [0.29, 0.717) is 16.2 Å². The van der Waals surface area contributed by atoms with Crippen molar-refractivity contribution in [2.24, 2.45) is 5.92 Å². The van der Waals surface area contributed by atoms with Crippen molar-refractivity contribution in [3.05, 3.63) is 22.6 Å². The number of hydrogen-bond acceptors (Lipinski definition) is 3. The molecule has 1 aromatic rings. The Bertz CT molecular complexity index is 361. The van der Waals surface area contributed by atoms with E-state index in [4.69, 9.17) is 4.42 Å². The molecule has 1 N–H and O–H groups in total. The Morgan fingerprint density at radius 2 is 2.31 bits per heavy atom. The van der Waals surface area contributed by atoms with Crippen molar-refractivity contribution in [3.63, 3.8) is 0 Å². The van der Waals surface area contributed by atoms with Crippen LogP contribution in [0.3, 0.4) is 0 Å². The first-order valence-electron chi connectivity index (χ1n) is 5.36. The molecule has 0 unspecified atom stereocenters. The van der Waals surface area contributed by atoms with Crippen molar-refractivity contribution in [3.8, 4) is 0 Å². The molecule has 3 nitrogen and oxygen atoms in total. The second-order valence-corrected chi connectivity index (χ2v) is 5.82. The van der Waals surface area contributed by atoms with Crippen molar-refractivity contribution < 1.29 is 9.21 Å². The molecule has 1 saturated heterocycles. The van der Waals surface area contributed by atoms with Gasteiger partial charge in [0.05, 0.1) is 11.8 Å². The largest absolute Gasteiger partial charge is 0.457 e. The molecule has 0 bridgehead atoms. The molecule has 0 spiro atoms. The predicted molar refractivity (Wildman–Crippen MR) is 68.8 cm³/mol. The van der Waals surface area contributed by atoms with E-state index < -0.39 is 0 Å². The van der Waals surface area contributed by atoms with E-state index in [-0.39, 0.29) is 5.91 Å². The third-order valence-corrected chi connectivity index (χ3v) is 4.42. The van der Waals surface area contributed by atoms with Gasteiger partial charge in [-0.3, -0.25) is 4.79 Å². The summed E-state index contributed by atoms with van der Waals surface area (Å²) in [7, 11) is 0. The van der Waals surface area contributed by atoms with E-state index in [9.17, 15) is 4.79 Å². The lowest BCUT2D eigenvalue weighted by Crippen LogP contribution is -2.30. The Hall–Kier alpha value is -0.420. The van der Waals surface area contributed by atoms with Crippen LogP contribution in [0, 0.1) is 5.92 Å². The fourth-order valence-corrected chi connectivity index (χ4v) is 3.36. The van der Waals surface area contributed by atoms with Gasteiger partial charge in [-0.05, 0) is 52.3 Å². The average Bonchev–Trinajstić information content (AvgIpc) is 2.74. The van der Waals surface area contributed by atoms with E-state index >= 15 is 0 Å². The lowest BCUT2D eigenvalue weighted by molar-refractivity contribution is 0.0944. The fourth-order valence-electron chi connectivity index (χ4n) is 1.74. The summed E-state index contributed by atoms with van der Waals surface area (Å²) >= 11 is 5.20. The van der Waals surface area contributed by atoms with Crippen molar-refractivity contribution in [1.29, 1.82) is 0 Å². The highest BCUT2D eigenvalue weighted by Crippen LogP contribution is 2.22. The Labute approximate surface area is 107 Å². The third-order valence-electron chi connectivity index (χ3n) is 2.75. The number of carbonyl (C=O) groups is 1. The molecule has 1 fully saturated rings. The molecular formula is C11H14BrNO2S. The summed E-state index contributed by atoms with van der Waals surface area (Å²) in [5, 5.41) is 2.96. The topological polar surface area (TPSA) is 42.2 Å². The highest BCUT2D eigenvalue weighted by atomic mass is 79.9. The van der Waals surface area contributed by atoms with Gasteiger partial charge < -0.3 is 9.73 Å². The maximum Gasteiger partial charge on any atom is 0.255 e. The summed E-state index contributed by atoms with van der Waals surface area (Å²) in [6.07, 6.45) is 3.92. The molecule has 0 radical (unpaired) electrons. The molecule has 1 aromatic heterocycles. The minimum absolute atomic E-state index is 0.0566. The monoisotopic (exact) mass is 303 g/mol. The number of nitrogens with one attached hydrogen (secondary N) is 1. The van der Waals surface area contributed by atoms with Crippen LogP contribution in [0.2, 0.25) is 0 Å². The van der Waals surface area contributed by atoms with E-state index in [1.165, 1.54) is 30.6 Å². The number of rotatable bonds is 3. The van der Waals surface area contributed by atoms with Crippen molar-refractivity contribution in [1.82, 2.24) is 5.32 Å². The van der Waals surface area contributed by atoms with Crippen LogP contribution in [-0.4, -0.2) is 24.0 Å². The van der Waals surface area contributed by atoms with E-state index in [1.807, 2.05) is 11.8 Å². The van der Waals surface area contributed by atoms with E-state index in [1.54, 1.807) is 6.07 Å². The number of halogens is 1. The third kappa shape index (κ3) is 3.04. The molecular weight excluding hydrogens is 290 g/mol. The van der Waals surface area contributed by atoms with Gasteiger partial charge in [0.2, 0.25) is 0 Å². The molecule has 0 aliphatic carbocycles. The first kappa shape index (κ1) is 12.0. The van der Waals surface area contributed by atoms with Crippen LogP contribution >= 0.6 is 27.7 Å². The fraction of sp³-hybridized carbons (Fsp3) is 0.545. The summed E-state index contributed by atoms with van der Waals surface area (Å²) in [6, 6.07) is 1.68. The summed E-state index contributed by atoms with van der Waals surface area (Å²) in [5.41, 5.74) is 0.574. The van der Waals surface area contributed by atoms with Gasteiger partial charge in [-0.1, -0.05) is 0 Å². The lowest BCUT2D eigenvalue weighted by Gasteiger charge is -2.21. The van der Waals surface area contributed by atoms with Crippen molar-refractivity contribution >= 4 is 33.6 Å². The van der Waals surface area contributed by atoms with Crippen LogP contribution in [-0.2, 0) is 0 Å². The predicted octanol–water partition coefficient (Wildman–Crippen LogP) is 2.92. The quantitative estimate of drug-likeness (QED) is 0.933. The smallest absolute Gasteiger partial charge is 0.255 e. The average molecular weight is 304 g/mol. The number of furan rings is 1. The van der Waals surface area contributed by atoms with E-state index in [0.717, 1.165) is 6.54 Å². The first-order chi connectivity index (χ1) is 7.77. The zero-order valence-corrected chi connectivity index (χ0v) is 11.3. The molecule has 5 heteroatoms. The Kier molecular flexibility index (Phi) is 4.35. The van der Waals surface area contributed by atoms with E-state index in [2.05, 4.69) is 21.2 Å². The second-order valence-electron chi connectivity index (χ2n) is 3.87. The first-order valence-corrected chi connectivity index (χ1v) is 7.31. The minimum Gasteiger partial charge on any atom is -0.457 e. The molecule has 0 saturated carbocycles. The summed E-state index contributed by atoms with van der Waals surface area (Å²) < 4.78 is 5.53. The molecule has 2 rings (SSSR count). The zero-order chi connectivity index (χ0) is 11.4. The van der Waals surface area contributed by atoms with Crippen molar-refractivity contribution in [2.75, 3.05) is 18.1 Å². The molecule has 1 amide bonds. The number of carbonyl (C=O) groups excluding carboxylic acids is 1. The standard InChI is InChI=1S/C11H14BrNO2S/c12-10-9(1-4-15-10)11(14)13-7-8-2-5-16-6-3-8/h1,4,8H,2-3,5-7H2,(H,13,14). The van der Waals surface area contributed by atoms with Gasteiger partial charge in [-0.15, -0.1) is 0 Å². The van der Waals surface area contributed by atoms with Gasteiger partial charge >= 0.3 is 0 Å². The van der Waals surface area contributed by atoms with Crippen LogP contribution in [0.15, 0.2) is 21.4 Å². The summed E-state index contributed by atoms with van der Waals surface area (Å²) in [5.74, 6) is 3.01. The second kappa shape index (κ2) is 5.77. The Morgan fingerprint density at radius 1 is 1.56 bits per heavy atom. The zero-order valence-electron chi connectivity index (χ0n) is 8.87. The number of amides is 1. The summed E-state index contributed by atoms with van der Waals surface area (Å²) in [6.45, 7) is 0.775. The van der Waals surface area contributed by atoms with Crippen LogP contribution in [0.4, 0.5) is 0 Å². The van der Waals surface area contributed by atoms with Gasteiger partial charge in [-0.2, -0.15) is 11.8 Å². The highest BCUT2D eigenvalue weighted by Gasteiger charge is 2.17. The highest BCUT2D eigenvalue weighted by molar-refractivity contribution is 9.10. The molecule has 0 aromatic carbocycles. The van der Waals surface area contributed by atoms with Crippen LogP contribution in [0.5, 0.6) is 0 Å². The van der Waals surface area contributed by atoms with Gasteiger partial charge in [-0.25, -0.2) is 0 Å². The summed E-state index contributed by atoms with van der Waals surface area (Å²) in [4.78, 5) is 11.8. The Balaban J connectivity index is 1.81. The molecule has 1 aliphatic heterocycles. The number of hydrogen-bond donors (Lipinski definition) is 1. The maximum atomic E-state index is 11.8. The van der Waals surface area contributed by atoms with Crippen LogP contribution in [0.1, 0.15) is 23.2 Å². The Morgan fingerprint density at radius 3 is 2.94 bits per heavy atom. The van der Waals surface area contributed by atoms with Crippen LogP contribution in [0.25, 0.3) is 0 Å². The molecule has 0 atom stereocenters. The molecule has 16 heavy (non-hydrogen) atoms. The minimum atomic E-state index is -0.0566. The SMILES string of the molecule is O=C(NCC1CCSCC1)c1ccoc1Br. The van der Waals surface area contributed by atoms with Gasteiger partial charge in [0.1, 0.15) is 0 Å². The normalized spacial score (nSPS) is 17.3. The van der Waals surface area contributed by atoms with Gasteiger partial charge in [0, 0.05) is 6.54 Å². The molecule has 2 heterocycles. The molecule has 88 valence electrons. The lowest BCUT2D eigenvalue weighted by atomic mass is 10.0. The molecule has 1 aliphatic rings. The van der Waals surface area contributed by atoms with Crippen LogP contribution < -0.4 is 5.32 Å².